The van der Waals surface area contributed by atoms with Crippen LogP contribution in [0.1, 0.15) is 38.2 Å². The molecule has 122 valence electrons. The van der Waals surface area contributed by atoms with Crippen LogP contribution in [0.3, 0.4) is 0 Å². The maximum atomic E-state index is 13.8. The van der Waals surface area contributed by atoms with Gasteiger partial charge in [-0.05, 0) is 25.8 Å². The van der Waals surface area contributed by atoms with Gasteiger partial charge in [-0.2, -0.15) is 0 Å². The van der Waals surface area contributed by atoms with Gasteiger partial charge in [-0.15, -0.1) is 0 Å². The third kappa shape index (κ3) is 4.16. The van der Waals surface area contributed by atoms with Crippen LogP contribution in [0, 0.1) is 11.6 Å². The van der Waals surface area contributed by atoms with Crippen LogP contribution >= 0.6 is 0 Å². The van der Waals surface area contributed by atoms with Gasteiger partial charge in [0.2, 0.25) is 0 Å². The predicted octanol–water partition coefficient (Wildman–Crippen LogP) is 2.36. The third-order valence-electron chi connectivity index (χ3n) is 3.99. The highest BCUT2D eigenvalue weighted by Crippen LogP contribution is 2.24. The minimum atomic E-state index is -1.53. The summed E-state index contributed by atoms with van der Waals surface area (Å²) in [7, 11) is 0. The number of aliphatic hydroxyl groups is 1. The van der Waals surface area contributed by atoms with Crippen LogP contribution in [-0.4, -0.2) is 35.6 Å². The average molecular weight is 311 g/mol. The molecular formula is C16H23F2N3O. The van der Waals surface area contributed by atoms with Crippen molar-refractivity contribution in [2.45, 2.75) is 38.2 Å². The fourth-order valence-corrected chi connectivity index (χ4v) is 2.65. The topological polar surface area (TPSA) is 61.9 Å². The van der Waals surface area contributed by atoms with E-state index in [2.05, 4.69) is 4.99 Å². The first-order valence-electron chi connectivity index (χ1n) is 7.63. The number of benzene rings is 1. The zero-order chi connectivity index (χ0) is 16.2. The van der Waals surface area contributed by atoms with E-state index in [1.165, 1.54) is 25.8 Å². The quantitative estimate of drug-likeness (QED) is 0.665. The molecule has 1 aromatic rings. The summed E-state index contributed by atoms with van der Waals surface area (Å²) in [6.45, 7) is 3.07. The van der Waals surface area contributed by atoms with Crippen molar-refractivity contribution in [1.29, 1.82) is 0 Å². The number of aliphatic imine (C=N–C) groups is 1. The maximum absolute atomic E-state index is 13.8. The molecule has 22 heavy (non-hydrogen) atoms. The largest absolute Gasteiger partial charge is 0.383 e. The number of hydrogen-bond donors (Lipinski definition) is 2. The molecule has 0 spiro atoms. The van der Waals surface area contributed by atoms with Gasteiger partial charge >= 0.3 is 0 Å². The van der Waals surface area contributed by atoms with Crippen molar-refractivity contribution >= 4 is 5.96 Å². The second-order valence-corrected chi connectivity index (χ2v) is 5.97. The highest BCUT2D eigenvalue weighted by atomic mass is 19.1. The van der Waals surface area contributed by atoms with Gasteiger partial charge in [-0.1, -0.05) is 18.9 Å². The predicted molar refractivity (Wildman–Crippen MR) is 82.5 cm³/mol. The first-order valence-corrected chi connectivity index (χ1v) is 7.63. The molecule has 0 aliphatic carbocycles. The van der Waals surface area contributed by atoms with Crippen LogP contribution in [-0.2, 0) is 5.60 Å². The monoisotopic (exact) mass is 311 g/mol. The molecular weight excluding hydrogens is 288 g/mol. The fraction of sp³-hybridized carbons (Fsp3) is 0.562. The van der Waals surface area contributed by atoms with Crippen molar-refractivity contribution in [1.82, 2.24) is 4.90 Å². The Kier molecular flexibility index (Phi) is 5.34. The zero-order valence-electron chi connectivity index (χ0n) is 12.9. The molecule has 3 N–H and O–H groups in total. The first kappa shape index (κ1) is 16.7. The van der Waals surface area contributed by atoms with Crippen LogP contribution in [0.2, 0.25) is 0 Å². The summed E-state index contributed by atoms with van der Waals surface area (Å²) >= 11 is 0. The highest BCUT2D eigenvalue weighted by molar-refractivity contribution is 5.78. The molecule has 0 radical (unpaired) electrons. The van der Waals surface area contributed by atoms with Gasteiger partial charge in [-0.25, -0.2) is 13.8 Å². The van der Waals surface area contributed by atoms with Gasteiger partial charge in [0.05, 0.1) is 6.54 Å². The van der Waals surface area contributed by atoms with Crippen LogP contribution < -0.4 is 5.73 Å². The number of nitrogens with two attached hydrogens (primary N) is 1. The first-order chi connectivity index (χ1) is 10.4. The van der Waals surface area contributed by atoms with Crippen LogP contribution in [0.25, 0.3) is 0 Å². The van der Waals surface area contributed by atoms with E-state index in [1.807, 2.05) is 4.90 Å². The second kappa shape index (κ2) is 7.05. The molecule has 2 rings (SSSR count). The van der Waals surface area contributed by atoms with Crippen LogP contribution in [0.15, 0.2) is 23.2 Å². The second-order valence-electron chi connectivity index (χ2n) is 5.97. The number of rotatable bonds is 3. The summed E-state index contributed by atoms with van der Waals surface area (Å²) in [5.41, 5.74) is 4.46. The Balaban J connectivity index is 2.08. The fourth-order valence-electron chi connectivity index (χ4n) is 2.65. The lowest BCUT2D eigenvalue weighted by molar-refractivity contribution is 0.0630. The van der Waals surface area contributed by atoms with Gasteiger partial charge in [0.15, 0.2) is 5.96 Å². The van der Waals surface area contributed by atoms with E-state index in [0.717, 1.165) is 38.1 Å². The summed E-state index contributed by atoms with van der Waals surface area (Å²) in [6.07, 6.45) is 4.50. The van der Waals surface area contributed by atoms with E-state index < -0.39 is 17.2 Å². The Labute approximate surface area is 129 Å². The summed E-state index contributed by atoms with van der Waals surface area (Å²) in [4.78, 5) is 6.20. The Hall–Kier alpha value is -1.69. The number of nitrogens with zero attached hydrogens (tertiary/aromatic N) is 2. The van der Waals surface area contributed by atoms with E-state index in [9.17, 15) is 13.9 Å². The molecule has 1 unspecified atom stereocenters. The molecule has 1 atom stereocenters. The molecule has 1 saturated heterocycles. The van der Waals surface area contributed by atoms with E-state index in [-0.39, 0.29) is 12.1 Å². The summed E-state index contributed by atoms with van der Waals surface area (Å²) < 4.78 is 26.7. The van der Waals surface area contributed by atoms with Crippen molar-refractivity contribution in [2.24, 2.45) is 10.7 Å². The van der Waals surface area contributed by atoms with Gasteiger partial charge in [-0.3, -0.25) is 0 Å². The molecule has 0 amide bonds. The number of guanidine groups is 1. The van der Waals surface area contributed by atoms with E-state index in [1.54, 1.807) is 0 Å². The SMILES string of the molecule is CC(O)(CN=C(N)N1CCCCCC1)c1ccc(F)cc1F. The van der Waals surface area contributed by atoms with E-state index >= 15 is 0 Å². The van der Waals surface area contributed by atoms with E-state index in [4.69, 9.17) is 5.73 Å². The van der Waals surface area contributed by atoms with Crippen LogP contribution in [0.4, 0.5) is 8.78 Å². The number of likely N-dealkylation sites (tertiary alicyclic amines) is 1. The molecule has 4 nitrogen and oxygen atoms in total. The molecule has 0 aromatic heterocycles. The molecule has 1 aliphatic heterocycles. The molecule has 0 saturated carbocycles. The molecule has 6 heteroatoms. The maximum Gasteiger partial charge on any atom is 0.191 e. The Morgan fingerprint density at radius 3 is 2.50 bits per heavy atom. The summed E-state index contributed by atoms with van der Waals surface area (Å²) in [5.74, 6) is -1.09. The van der Waals surface area contributed by atoms with Crippen molar-refractivity contribution in [3.05, 3.63) is 35.4 Å². The molecule has 1 aliphatic rings. The smallest absolute Gasteiger partial charge is 0.191 e. The van der Waals surface area contributed by atoms with Gasteiger partial charge in [0.25, 0.3) is 0 Å². The Morgan fingerprint density at radius 2 is 1.91 bits per heavy atom. The minimum absolute atomic E-state index is 0.0151. The molecule has 1 heterocycles. The summed E-state index contributed by atoms with van der Waals surface area (Å²) in [6, 6.07) is 3.11. The Morgan fingerprint density at radius 1 is 1.27 bits per heavy atom. The van der Waals surface area contributed by atoms with Crippen molar-refractivity contribution in [2.75, 3.05) is 19.6 Å². The van der Waals surface area contributed by atoms with Gasteiger partial charge in [0.1, 0.15) is 17.2 Å². The molecule has 1 aromatic carbocycles. The lowest BCUT2D eigenvalue weighted by Crippen LogP contribution is -2.39. The van der Waals surface area contributed by atoms with Crippen molar-refractivity contribution in [3.8, 4) is 0 Å². The lowest BCUT2D eigenvalue weighted by Gasteiger charge is -2.25. The molecule has 1 fully saturated rings. The van der Waals surface area contributed by atoms with Crippen LogP contribution in [0.5, 0.6) is 0 Å². The number of hydrogen-bond acceptors (Lipinski definition) is 2. The van der Waals surface area contributed by atoms with Gasteiger partial charge in [0, 0.05) is 24.7 Å². The van der Waals surface area contributed by atoms with E-state index in [0.29, 0.717) is 5.96 Å². The normalized spacial score (nSPS) is 19.6. The third-order valence-corrected chi connectivity index (χ3v) is 3.99. The average Bonchev–Trinajstić information content (AvgIpc) is 2.73. The number of halogens is 2. The Bertz CT molecular complexity index is 538. The highest BCUT2D eigenvalue weighted by Gasteiger charge is 2.27. The molecule has 0 bridgehead atoms. The zero-order valence-corrected chi connectivity index (χ0v) is 12.9. The lowest BCUT2D eigenvalue weighted by atomic mass is 9.95. The minimum Gasteiger partial charge on any atom is -0.383 e. The van der Waals surface area contributed by atoms with Crippen molar-refractivity contribution in [3.63, 3.8) is 0 Å². The van der Waals surface area contributed by atoms with Gasteiger partial charge < -0.3 is 15.7 Å². The van der Waals surface area contributed by atoms with Crippen molar-refractivity contribution < 1.29 is 13.9 Å². The standard InChI is InChI=1S/C16H23F2N3O/c1-16(22,13-7-6-12(17)10-14(13)18)11-20-15(19)21-8-4-2-3-5-9-21/h6-7,10,22H,2-5,8-9,11H2,1H3,(H2,19,20). The summed E-state index contributed by atoms with van der Waals surface area (Å²) in [5, 5.41) is 10.4.